The number of methoxy groups -OCH3 is 2. The Balaban J connectivity index is 0.000000439. The fraction of sp³-hybridized carbons (Fsp3) is 0.600. The smallest absolute Gasteiger partial charge is 0.410 e. The third-order valence-corrected chi connectivity index (χ3v) is 3.25. The van der Waals surface area contributed by atoms with Crippen LogP contribution in [0.15, 0.2) is 24.3 Å². The van der Waals surface area contributed by atoms with E-state index < -0.39 is 0 Å². The Morgan fingerprint density at radius 3 is 2.08 bits per heavy atom. The largest absolute Gasteiger partial charge is 0.497 e. The van der Waals surface area contributed by atoms with E-state index in [-0.39, 0.29) is 17.7 Å². The molecule has 0 aromatic heterocycles. The maximum absolute atomic E-state index is 11.4. The van der Waals surface area contributed by atoms with Crippen molar-refractivity contribution in [1.29, 1.82) is 0 Å². The number of esters is 1. The van der Waals surface area contributed by atoms with Crippen LogP contribution in [0.5, 0.6) is 5.75 Å². The Morgan fingerprint density at radius 2 is 1.62 bits per heavy atom. The molecule has 0 aliphatic carbocycles. The number of carbonyl (C=O) groups excluding carboxylic acids is 2. The third-order valence-electron chi connectivity index (χ3n) is 3.25. The molecule has 1 heterocycles. The lowest BCUT2D eigenvalue weighted by atomic mass is 10.2. The summed E-state index contributed by atoms with van der Waals surface area (Å²) in [7, 11) is 2.90. The molecule has 148 valence electrons. The number of carbonyl (C=O) groups is 2. The fourth-order valence-corrected chi connectivity index (χ4v) is 2.09. The number of hydrogen-bond donors (Lipinski definition) is 0. The molecule has 6 heteroatoms. The van der Waals surface area contributed by atoms with Crippen molar-refractivity contribution >= 4 is 12.1 Å². The predicted octanol–water partition coefficient (Wildman–Crippen LogP) is 4.53. The van der Waals surface area contributed by atoms with Gasteiger partial charge in [-0.15, -0.1) is 0 Å². The molecule has 0 bridgehead atoms. The van der Waals surface area contributed by atoms with Crippen LogP contribution in [0.3, 0.4) is 0 Å². The summed E-state index contributed by atoms with van der Waals surface area (Å²) in [6, 6.07) is 6.82. The Morgan fingerprint density at radius 1 is 1.04 bits per heavy atom. The first-order chi connectivity index (χ1) is 12.3. The van der Waals surface area contributed by atoms with E-state index >= 15 is 0 Å². The molecule has 0 N–H and O–H groups in total. The number of likely N-dealkylation sites (tertiary alicyclic amines) is 1. The zero-order chi connectivity index (χ0) is 20.2. The minimum absolute atomic E-state index is 0.167. The SMILES string of the molecule is CC.CC(C)(C)OC(=O)N1CCCC1.COC(=O)c1cccc(OC)c1. The standard InChI is InChI=1S/C9H17NO2.C9H10O3.C2H6/c1-9(2,3)12-8(11)10-6-4-5-7-10;1-11-8-5-3-4-7(6-8)9(10)12-2;1-2/h4-7H2,1-3H3;3-6H,1-2H3;1-2H3. The summed E-state index contributed by atoms with van der Waals surface area (Å²) in [6.45, 7) is 11.4. The summed E-state index contributed by atoms with van der Waals surface area (Å²) in [4.78, 5) is 24.1. The zero-order valence-corrected chi connectivity index (χ0v) is 17.1. The van der Waals surface area contributed by atoms with Crippen molar-refractivity contribution in [2.24, 2.45) is 0 Å². The summed E-state index contributed by atoms with van der Waals surface area (Å²) < 4.78 is 14.7. The maximum Gasteiger partial charge on any atom is 0.410 e. The van der Waals surface area contributed by atoms with E-state index in [9.17, 15) is 9.59 Å². The second kappa shape index (κ2) is 12.2. The Hall–Kier alpha value is -2.24. The van der Waals surface area contributed by atoms with Gasteiger partial charge >= 0.3 is 12.1 Å². The number of benzene rings is 1. The average Bonchev–Trinajstić information content (AvgIpc) is 3.17. The first-order valence-corrected chi connectivity index (χ1v) is 8.97. The highest BCUT2D eigenvalue weighted by atomic mass is 16.6. The molecule has 1 amide bonds. The molecule has 0 spiro atoms. The first-order valence-electron chi connectivity index (χ1n) is 8.97. The molecule has 1 aromatic carbocycles. The molecule has 0 unspecified atom stereocenters. The number of amides is 1. The van der Waals surface area contributed by atoms with Gasteiger partial charge in [0.15, 0.2) is 0 Å². The highest BCUT2D eigenvalue weighted by Crippen LogP contribution is 2.14. The van der Waals surface area contributed by atoms with Crippen molar-refractivity contribution in [3.63, 3.8) is 0 Å². The highest BCUT2D eigenvalue weighted by molar-refractivity contribution is 5.89. The van der Waals surface area contributed by atoms with Gasteiger partial charge in [-0.2, -0.15) is 0 Å². The molecule has 0 atom stereocenters. The van der Waals surface area contributed by atoms with Crippen LogP contribution < -0.4 is 4.74 Å². The first kappa shape index (κ1) is 23.8. The Labute approximate surface area is 157 Å². The van der Waals surface area contributed by atoms with Crippen molar-refractivity contribution in [3.05, 3.63) is 29.8 Å². The molecule has 1 aromatic rings. The van der Waals surface area contributed by atoms with Crippen molar-refractivity contribution in [2.45, 2.75) is 53.1 Å². The van der Waals surface area contributed by atoms with E-state index in [0.717, 1.165) is 25.9 Å². The third kappa shape index (κ3) is 9.30. The average molecular weight is 367 g/mol. The molecule has 6 nitrogen and oxygen atoms in total. The van der Waals surface area contributed by atoms with Gasteiger partial charge in [-0.3, -0.25) is 0 Å². The molecular formula is C20H33NO5. The molecule has 0 saturated carbocycles. The topological polar surface area (TPSA) is 65.1 Å². The minimum Gasteiger partial charge on any atom is -0.497 e. The fourth-order valence-electron chi connectivity index (χ4n) is 2.09. The van der Waals surface area contributed by atoms with Crippen LogP contribution in [-0.2, 0) is 9.47 Å². The van der Waals surface area contributed by atoms with E-state index in [1.165, 1.54) is 7.11 Å². The molecular weight excluding hydrogens is 334 g/mol. The van der Waals surface area contributed by atoms with Gasteiger partial charge in [-0.1, -0.05) is 19.9 Å². The lowest BCUT2D eigenvalue weighted by Gasteiger charge is -2.23. The van der Waals surface area contributed by atoms with E-state index in [2.05, 4.69) is 4.74 Å². The predicted molar refractivity (Wildman–Crippen MR) is 103 cm³/mol. The van der Waals surface area contributed by atoms with Crippen LogP contribution >= 0.6 is 0 Å². The highest BCUT2D eigenvalue weighted by Gasteiger charge is 2.23. The lowest BCUT2D eigenvalue weighted by Crippen LogP contribution is -2.34. The van der Waals surface area contributed by atoms with Gasteiger partial charge in [0.2, 0.25) is 0 Å². The van der Waals surface area contributed by atoms with Crippen molar-refractivity contribution in [3.8, 4) is 5.75 Å². The van der Waals surface area contributed by atoms with Crippen molar-refractivity contribution in [2.75, 3.05) is 27.3 Å². The van der Waals surface area contributed by atoms with Gasteiger partial charge < -0.3 is 19.1 Å². The van der Waals surface area contributed by atoms with Gasteiger partial charge in [0.25, 0.3) is 0 Å². The molecule has 1 saturated heterocycles. The van der Waals surface area contributed by atoms with Gasteiger partial charge in [-0.05, 0) is 51.8 Å². The van der Waals surface area contributed by atoms with Crippen molar-refractivity contribution in [1.82, 2.24) is 4.90 Å². The van der Waals surface area contributed by atoms with Gasteiger partial charge in [0.05, 0.1) is 19.8 Å². The number of hydrogen-bond acceptors (Lipinski definition) is 5. The van der Waals surface area contributed by atoms with E-state index in [0.29, 0.717) is 11.3 Å². The molecule has 0 radical (unpaired) electrons. The number of nitrogens with zero attached hydrogens (tertiary/aromatic N) is 1. The minimum atomic E-state index is -0.361. The lowest BCUT2D eigenvalue weighted by molar-refractivity contribution is 0.0295. The summed E-state index contributed by atoms with van der Waals surface area (Å²) >= 11 is 0. The van der Waals surface area contributed by atoms with Crippen LogP contribution in [0.1, 0.15) is 57.8 Å². The summed E-state index contributed by atoms with van der Waals surface area (Å²) in [5.41, 5.74) is 0.136. The summed E-state index contributed by atoms with van der Waals surface area (Å²) in [5.74, 6) is 0.298. The Bertz CT molecular complexity index is 545. The number of rotatable bonds is 2. The number of ether oxygens (including phenoxy) is 3. The van der Waals surface area contributed by atoms with E-state index in [1.54, 1.807) is 36.3 Å². The van der Waals surface area contributed by atoms with Gasteiger partial charge in [-0.25, -0.2) is 9.59 Å². The Kier molecular flexibility index (Phi) is 11.1. The van der Waals surface area contributed by atoms with Gasteiger partial charge in [0.1, 0.15) is 11.4 Å². The second-order valence-corrected chi connectivity index (χ2v) is 6.40. The quantitative estimate of drug-likeness (QED) is 0.719. The van der Waals surface area contributed by atoms with Crippen molar-refractivity contribution < 1.29 is 23.8 Å². The zero-order valence-electron chi connectivity index (χ0n) is 17.1. The van der Waals surface area contributed by atoms with Crippen LogP contribution in [0.2, 0.25) is 0 Å². The van der Waals surface area contributed by atoms with Gasteiger partial charge in [0, 0.05) is 13.1 Å². The maximum atomic E-state index is 11.4. The normalized spacial score (nSPS) is 12.8. The summed E-state index contributed by atoms with van der Waals surface area (Å²) in [6.07, 6.45) is 2.05. The molecule has 1 aliphatic heterocycles. The second-order valence-electron chi connectivity index (χ2n) is 6.40. The molecule has 1 fully saturated rings. The molecule has 26 heavy (non-hydrogen) atoms. The molecule has 1 aliphatic rings. The van der Waals surface area contributed by atoms with Crippen LogP contribution in [0, 0.1) is 0 Å². The summed E-state index contributed by atoms with van der Waals surface area (Å²) in [5, 5.41) is 0. The monoisotopic (exact) mass is 367 g/mol. The van der Waals surface area contributed by atoms with E-state index in [1.807, 2.05) is 34.6 Å². The van der Waals surface area contributed by atoms with Crippen LogP contribution in [0.4, 0.5) is 4.79 Å². The van der Waals surface area contributed by atoms with E-state index in [4.69, 9.17) is 9.47 Å². The van der Waals surface area contributed by atoms with Crippen LogP contribution in [-0.4, -0.2) is 49.9 Å². The van der Waals surface area contributed by atoms with Crippen LogP contribution in [0.25, 0.3) is 0 Å². The molecule has 2 rings (SSSR count).